The molecule has 2 rings (SSSR count). The van der Waals surface area contributed by atoms with Crippen molar-refractivity contribution >= 4 is 11.7 Å². The number of nitrogens with two attached hydrogens (primary N) is 1. The molecule has 1 saturated heterocycles. The molecule has 19 heavy (non-hydrogen) atoms. The number of oxime groups is 1. The number of nitrogens with zero attached hydrogens (tertiary/aromatic N) is 2. The third kappa shape index (κ3) is 2.68. The van der Waals surface area contributed by atoms with Gasteiger partial charge >= 0.3 is 0 Å². The first kappa shape index (κ1) is 14.1. The van der Waals surface area contributed by atoms with Crippen LogP contribution in [-0.2, 0) is 9.53 Å². The molecule has 0 aromatic carbocycles. The average Bonchev–Trinajstić information content (AvgIpc) is 3.08. The van der Waals surface area contributed by atoms with Crippen LogP contribution in [0.4, 0.5) is 0 Å². The highest BCUT2D eigenvalue weighted by molar-refractivity contribution is 6.06. The minimum atomic E-state index is -0.803. The Morgan fingerprint density at radius 3 is 2.68 bits per heavy atom. The van der Waals surface area contributed by atoms with E-state index in [0.717, 1.165) is 32.3 Å². The fraction of sp³-hybridized carbons (Fsp3) is 0.846. The van der Waals surface area contributed by atoms with Gasteiger partial charge in [-0.05, 0) is 25.7 Å². The van der Waals surface area contributed by atoms with Crippen molar-refractivity contribution in [2.24, 2.45) is 16.3 Å². The Morgan fingerprint density at radius 2 is 2.16 bits per heavy atom. The molecular weight excluding hydrogens is 246 g/mol. The van der Waals surface area contributed by atoms with Gasteiger partial charge in [0.05, 0.1) is 6.10 Å². The average molecular weight is 269 g/mol. The smallest absolute Gasteiger partial charge is 0.236 e. The van der Waals surface area contributed by atoms with Gasteiger partial charge in [0, 0.05) is 20.2 Å². The van der Waals surface area contributed by atoms with E-state index in [1.165, 1.54) is 0 Å². The molecule has 108 valence electrons. The van der Waals surface area contributed by atoms with Crippen molar-refractivity contribution in [3.63, 3.8) is 0 Å². The molecule has 6 heteroatoms. The highest BCUT2D eigenvalue weighted by Gasteiger charge is 2.47. The monoisotopic (exact) mass is 269 g/mol. The minimum Gasteiger partial charge on any atom is -0.409 e. The van der Waals surface area contributed by atoms with Crippen LogP contribution in [0.15, 0.2) is 5.16 Å². The number of ether oxygens (including phenoxy) is 1. The van der Waals surface area contributed by atoms with E-state index < -0.39 is 5.41 Å². The van der Waals surface area contributed by atoms with Gasteiger partial charge in [0.15, 0.2) is 5.84 Å². The number of hydrogen-bond acceptors (Lipinski definition) is 4. The molecule has 1 aliphatic heterocycles. The van der Waals surface area contributed by atoms with Crippen LogP contribution in [0.25, 0.3) is 0 Å². The van der Waals surface area contributed by atoms with Gasteiger partial charge in [0.1, 0.15) is 5.41 Å². The Labute approximate surface area is 113 Å². The highest BCUT2D eigenvalue weighted by Crippen LogP contribution is 2.40. The van der Waals surface area contributed by atoms with Gasteiger partial charge in [-0.3, -0.25) is 4.79 Å². The summed E-state index contributed by atoms with van der Waals surface area (Å²) in [6.45, 7) is 1.36. The lowest BCUT2D eigenvalue weighted by atomic mass is 9.83. The molecule has 0 aromatic rings. The zero-order valence-electron chi connectivity index (χ0n) is 11.5. The van der Waals surface area contributed by atoms with Gasteiger partial charge in [-0.25, -0.2) is 0 Å². The number of hydrogen-bond donors (Lipinski definition) is 2. The topological polar surface area (TPSA) is 88.2 Å². The van der Waals surface area contributed by atoms with E-state index in [1.807, 2.05) is 0 Å². The van der Waals surface area contributed by atoms with Crippen LogP contribution in [0.5, 0.6) is 0 Å². The Morgan fingerprint density at radius 1 is 1.47 bits per heavy atom. The van der Waals surface area contributed by atoms with E-state index in [4.69, 9.17) is 15.7 Å². The molecule has 1 unspecified atom stereocenters. The third-order valence-corrected chi connectivity index (χ3v) is 4.31. The molecule has 1 aliphatic carbocycles. The van der Waals surface area contributed by atoms with Crippen molar-refractivity contribution in [3.8, 4) is 0 Å². The fourth-order valence-corrected chi connectivity index (χ4v) is 3.20. The van der Waals surface area contributed by atoms with E-state index in [1.54, 1.807) is 11.9 Å². The van der Waals surface area contributed by atoms with Gasteiger partial charge in [0.2, 0.25) is 5.91 Å². The molecule has 0 aromatic heterocycles. The van der Waals surface area contributed by atoms with Gasteiger partial charge < -0.3 is 20.6 Å². The lowest BCUT2D eigenvalue weighted by molar-refractivity contribution is -0.138. The molecule has 6 nitrogen and oxygen atoms in total. The summed E-state index contributed by atoms with van der Waals surface area (Å²) in [6, 6.07) is 0. The molecular formula is C13H23N3O3. The second kappa shape index (κ2) is 5.77. The maximum Gasteiger partial charge on any atom is 0.236 e. The quantitative estimate of drug-likeness (QED) is 0.344. The molecule has 2 fully saturated rings. The maximum absolute atomic E-state index is 12.7. The summed E-state index contributed by atoms with van der Waals surface area (Å²) >= 11 is 0. The van der Waals surface area contributed by atoms with Crippen LogP contribution in [0.2, 0.25) is 0 Å². The number of amides is 1. The normalized spacial score (nSPS) is 26.6. The first-order chi connectivity index (χ1) is 9.10. The van der Waals surface area contributed by atoms with Crippen molar-refractivity contribution in [2.45, 2.75) is 44.6 Å². The number of carbonyl (C=O) groups excluding carboxylic acids is 1. The summed E-state index contributed by atoms with van der Waals surface area (Å²) in [5.41, 5.74) is 4.98. The Balaban J connectivity index is 2.06. The Kier molecular flexibility index (Phi) is 4.29. The molecule has 0 spiro atoms. The van der Waals surface area contributed by atoms with Crippen molar-refractivity contribution in [3.05, 3.63) is 0 Å². The number of carbonyl (C=O) groups is 1. The zero-order valence-corrected chi connectivity index (χ0v) is 11.5. The van der Waals surface area contributed by atoms with Crippen LogP contribution >= 0.6 is 0 Å². The van der Waals surface area contributed by atoms with E-state index in [9.17, 15) is 4.79 Å². The van der Waals surface area contributed by atoms with Crippen LogP contribution in [0.1, 0.15) is 38.5 Å². The second-order valence-corrected chi connectivity index (χ2v) is 5.60. The first-order valence-corrected chi connectivity index (χ1v) is 6.95. The molecule has 1 atom stereocenters. The molecule has 3 N–H and O–H groups in total. The fourth-order valence-electron chi connectivity index (χ4n) is 3.20. The summed E-state index contributed by atoms with van der Waals surface area (Å²) in [5.74, 6) is 0.00462. The van der Waals surface area contributed by atoms with Gasteiger partial charge in [-0.2, -0.15) is 0 Å². The van der Waals surface area contributed by atoms with Crippen molar-refractivity contribution in [1.29, 1.82) is 0 Å². The third-order valence-electron chi connectivity index (χ3n) is 4.31. The molecule has 2 aliphatic rings. The number of likely N-dealkylation sites (N-methyl/N-ethyl adjacent to an activating group) is 1. The summed E-state index contributed by atoms with van der Waals surface area (Å²) < 4.78 is 5.55. The lowest BCUT2D eigenvalue weighted by Gasteiger charge is -2.32. The highest BCUT2D eigenvalue weighted by atomic mass is 16.5. The summed E-state index contributed by atoms with van der Waals surface area (Å²) in [7, 11) is 1.77. The predicted octanol–water partition coefficient (Wildman–Crippen LogP) is 0.931. The SMILES string of the molecule is CN(CC1CCCO1)C(=O)C1(C(N)=NO)CCCC1. The summed E-state index contributed by atoms with van der Waals surface area (Å²) in [5, 5.41) is 12.0. The van der Waals surface area contributed by atoms with E-state index in [0.29, 0.717) is 19.4 Å². The number of amidine groups is 1. The van der Waals surface area contributed by atoms with Crippen LogP contribution in [0, 0.1) is 5.41 Å². The summed E-state index contributed by atoms with van der Waals surface area (Å²) in [4.78, 5) is 14.3. The van der Waals surface area contributed by atoms with Crippen molar-refractivity contribution < 1.29 is 14.7 Å². The predicted molar refractivity (Wildman–Crippen MR) is 70.9 cm³/mol. The second-order valence-electron chi connectivity index (χ2n) is 5.60. The van der Waals surface area contributed by atoms with Gasteiger partial charge in [-0.1, -0.05) is 18.0 Å². The van der Waals surface area contributed by atoms with E-state index >= 15 is 0 Å². The Hall–Kier alpha value is -1.30. The molecule has 1 heterocycles. The Bertz CT molecular complexity index is 358. The molecule has 1 amide bonds. The minimum absolute atomic E-state index is 0.0456. The lowest BCUT2D eigenvalue weighted by Crippen LogP contribution is -2.50. The van der Waals surface area contributed by atoms with E-state index in [-0.39, 0.29) is 17.8 Å². The van der Waals surface area contributed by atoms with Gasteiger partial charge in [0.25, 0.3) is 0 Å². The van der Waals surface area contributed by atoms with Crippen LogP contribution < -0.4 is 5.73 Å². The van der Waals surface area contributed by atoms with Crippen LogP contribution in [0.3, 0.4) is 0 Å². The molecule has 1 saturated carbocycles. The number of rotatable bonds is 4. The van der Waals surface area contributed by atoms with Crippen molar-refractivity contribution in [2.75, 3.05) is 20.2 Å². The standard InChI is InChI=1S/C13H23N3O3/c1-16(9-10-5-4-8-19-10)12(17)13(11(14)15-18)6-2-3-7-13/h10,18H,2-9H2,1H3,(H2,14,15). The van der Waals surface area contributed by atoms with Crippen LogP contribution in [-0.4, -0.2) is 48.2 Å². The van der Waals surface area contributed by atoms with Crippen molar-refractivity contribution in [1.82, 2.24) is 4.90 Å². The van der Waals surface area contributed by atoms with Gasteiger partial charge in [-0.15, -0.1) is 0 Å². The molecule has 0 radical (unpaired) electrons. The first-order valence-electron chi connectivity index (χ1n) is 6.95. The summed E-state index contributed by atoms with van der Waals surface area (Å²) in [6.07, 6.45) is 5.38. The molecule has 0 bridgehead atoms. The largest absolute Gasteiger partial charge is 0.409 e. The maximum atomic E-state index is 12.7. The van der Waals surface area contributed by atoms with E-state index in [2.05, 4.69) is 5.16 Å². The zero-order chi connectivity index (χ0) is 13.9.